The second-order valence-corrected chi connectivity index (χ2v) is 7.26. The number of hydrogen-bond donors (Lipinski definition) is 1. The summed E-state index contributed by atoms with van der Waals surface area (Å²) in [5.41, 5.74) is 1.65. The number of hydrogen-bond acceptors (Lipinski definition) is 5. The molecule has 0 aliphatic carbocycles. The first-order valence-corrected chi connectivity index (χ1v) is 8.94. The van der Waals surface area contributed by atoms with Crippen LogP contribution in [0.25, 0.3) is 0 Å². The molecular formula is C21H20N2O5. The minimum atomic E-state index is -1.28. The number of fused-ring (bicyclic) bond motifs is 1. The first kappa shape index (κ1) is 18.0. The van der Waals surface area contributed by atoms with Crippen LogP contribution in [0, 0.1) is 13.8 Å². The highest BCUT2D eigenvalue weighted by molar-refractivity contribution is 6.11. The fourth-order valence-electron chi connectivity index (χ4n) is 3.60. The smallest absolute Gasteiger partial charge is 0.325 e. The zero-order valence-corrected chi connectivity index (χ0v) is 15.9. The van der Waals surface area contributed by atoms with Crippen LogP contribution in [0.3, 0.4) is 0 Å². The molecule has 0 spiro atoms. The second-order valence-electron chi connectivity index (χ2n) is 7.26. The molecule has 2 heterocycles. The molecule has 0 aromatic heterocycles. The molecule has 0 radical (unpaired) electrons. The standard InChI is InChI=1S/C21H20N2O5/c1-12-4-6-15(13(2)8-12)16(24)10-23-19(25)21(3,22-20(23)26)14-5-7-17-18(9-14)28-11-27-17/h4-9H,10-11H2,1-3H3,(H,22,26)/t21-/m1/s1. The summed E-state index contributed by atoms with van der Waals surface area (Å²) in [5.74, 6) is 0.349. The average Bonchev–Trinajstić information content (AvgIpc) is 3.20. The molecule has 2 aromatic carbocycles. The Morgan fingerprint density at radius 2 is 1.86 bits per heavy atom. The summed E-state index contributed by atoms with van der Waals surface area (Å²) in [5, 5.41) is 2.71. The molecule has 4 rings (SSSR count). The second kappa shape index (κ2) is 6.37. The predicted octanol–water partition coefficient (Wildman–Crippen LogP) is 2.68. The number of carbonyl (C=O) groups excluding carboxylic acids is 3. The van der Waals surface area contributed by atoms with Gasteiger partial charge in [0.1, 0.15) is 5.54 Å². The quantitative estimate of drug-likeness (QED) is 0.651. The first-order chi connectivity index (χ1) is 13.3. The van der Waals surface area contributed by atoms with E-state index in [1.54, 1.807) is 31.2 Å². The molecule has 0 unspecified atom stereocenters. The van der Waals surface area contributed by atoms with Gasteiger partial charge >= 0.3 is 6.03 Å². The molecule has 7 nitrogen and oxygen atoms in total. The van der Waals surface area contributed by atoms with Gasteiger partial charge in [0.25, 0.3) is 5.91 Å². The predicted molar refractivity (Wildman–Crippen MR) is 100 cm³/mol. The normalized spacial score (nSPS) is 20.5. The van der Waals surface area contributed by atoms with Crippen molar-refractivity contribution in [2.45, 2.75) is 26.3 Å². The third kappa shape index (κ3) is 2.79. The molecular weight excluding hydrogens is 360 g/mol. The molecule has 1 fully saturated rings. The lowest BCUT2D eigenvalue weighted by molar-refractivity contribution is -0.130. The maximum atomic E-state index is 13.1. The van der Waals surface area contributed by atoms with Gasteiger partial charge in [-0.1, -0.05) is 29.8 Å². The highest BCUT2D eigenvalue weighted by Crippen LogP contribution is 2.37. The van der Waals surface area contributed by atoms with E-state index in [9.17, 15) is 14.4 Å². The Kier molecular flexibility index (Phi) is 4.10. The van der Waals surface area contributed by atoms with Gasteiger partial charge in [0, 0.05) is 5.56 Å². The van der Waals surface area contributed by atoms with E-state index in [1.165, 1.54) is 0 Å². The number of nitrogens with zero attached hydrogens (tertiary/aromatic N) is 1. The van der Waals surface area contributed by atoms with E-state index in [-0.39, 0.29) is 19.1 Å². The summed E-state index contributed by atoms with van der Waals surface area (Å²) in [4.78, 5) is 39.2. The summed E-state index contributed by atoms with van der Waals surface area (Å²) < 4.78 is 10.7. The number of imide groups is 1. The van der Waals surface area contributed by atoms with Crippen molar-refractivity contribution in [1.82, 2.24) is 10.2 Å². The van der Waals surface area contributed by atoms with Crippen LogP contribution in [-0.4, -0.2) is 36.0 Å². The summed E-state index contributed by atoms with van der Waals surface area (Å²) >= 11 is 0. The van der Waals surface area contributed by atoms with Gasteiger partial charge in [-0.25, -0.2) is 4.79 Å². The van der Waals surface area contributed by atoms with E-state index in [2.05, 4.69) is 5.32 Å². The SMILES string of the molecule is Cc1ccc(C(=O)CN2C(=O)N[C@](C)(c3ccc4c(c3)OCO4)C2=O)c(C)c1. The van der Waals surface area contributed by atoms with Crippen LogP contribution in [0.4, 0.5) is 4.79 Å². The van der Waals surface area contributed by atoms with Crippen LogP contribution in [0.15, 0.2) is 36.4 Å². The molecule has 2 aromatic rings. The molecule has 0 bridgehead atoms. The van der Waals surface area contributed by atoms with E-state index in [4.69, 9.17) is 9.47 Å². The summed E-state index contributed by atoms with van der Waals surface area (Å²) in [6, 6.07) is 9.95. The van der Waals surface area contributed by atoms with Gasteiger partial charge in [-0.15, -0.1) is 0 Å². The van der Waals surface area contributed by atoms with Crippen LogP contribution >= 0.6 is 0 Å². The Morgan fingerprint density at radius 3 is 2.61 bits per heavy atom. The number of Topliss-reactive ketones (excluding diaryl/α,β-unsaturated/α-hetero) is 1. The highest BCUT2D eigenvalue weighted by atomic mass is 16.7. The van der Waals surface area contributed by atoms with Crippen LogP contribution in [0.1, 0.15) is 34.0 Å². The fourth-order valence-corrected chi connectivity index (χ4v) is 3.60. The van der Waals surface area contributed by atoms with Crippen molar-refractivity contribution in [3.8, 4) is 11.5 Å². The number of aryl methyl sites for hydroxylation is 2. The number of amides is 3. The molecule has 1 N–H and O–H groups in total. The summed E-state index contributed by atoms with van der Waals surface area (Å²) in [6.45, 7) is 5.20. The zero-order chi connectivity index (χ0) is 20.1. The number of ether oxygens (including phenoxy) is 2. The molecule has 144 valence electrons. The Balaban J connectivity index is 1.59. The Bertz CT molecular complexity index is 1020. The lowest BCUT2D eigenvalue weighted by Crippen LogP contribution is -2.41. The number of nitrogens with one attached hydrogen (secondary N) is 1. The van der Waals surface area contributed by atoms with Crippen LogP contribution in [-0.2, 0) is 10.3 Å². The lowest BCUT2D eigenvalue weighted by Gasteiger charge is -2.22. The third-order valence-electron chi connectivity index (χ3n) is 5.21. The molecule has 1 saturated heterocycles. The number of benzene rings is 2. The maximum absolute atomic E-state index is 13.1. The van der Waals surface area contributed by atoms with E-state index >= 15 is 0 Å². The van der Waals surface area contributed by atoms with Crippen molar-refractivity contribution in [2.75, 3.05) is 13.3 Å². The van der Waals surface area contributed by atoms with Gasteiger partial charge in [0.2, 0.25) is 6.79 Å². The largest absolute Gasteiger partial charge is 0.454 e. The molecule has 3 amide bonds. The topological polar surface area (TPSA) is 84.9 Å². The Labute approximate surface area is 162 Å². The van der Waals surface area contributed by atoms with E-state index in [1.807, 2.05) is 26.0 Å². The van der Waals surface area contributed by atoms with E-state index in [0.717, 1.165) is 16.0 Å². The van der Waals surface area contributed by atoms with E-state index < -0.39 is 17.5 Å². The highest BCUT2D eigenvalue weighted by Gasteiger charge is 2.49. The van der Waals surface area contributed by atoms with Gasteiger partial charge in [-0.05, 0) is 44.0 Å². The van der Waals surface area contributed by atoms with Gasteiger partial charge in [0.15, 0.2) is 17.3 Å². The summed E-state index contributed by atoms with van der Waals surface area (Å²) in [7, 11) is 0. The first-order valence-electron chi connectivity index (χ1n) is 8.94. The van der Waals surface area contributed by atoms with Crippen molar-refractivity contribution in [2.24, 2.45) is 0 Å². The fraction of sp³-hybridized carbons (Fsp3) is 0.286. The average molecular weight is 380 g/mol. The van der Waals surface area contributed by atoms with Gasteiger partial charge in [0.05, 0.1) is 6.54 Å². The van der Waals surface area contributed by atoms with Crippen molar-refractivity contribution in [3.05, 3.63) is 58.7 Å². The van der Waals surface area contributed by atoms with Crippen LogP contribution in [0.2, 0.25) is 0 Å². The minimum absolute atomic E-state index is 0.117. The molecule has 1 atom stereocenters. The van der Waals surface area contributed by atoms with Gasteiger partial charge < -0.3 is 14.8 Å². The van der Waals surface area contributed by atoms with Crippen molar-refractivity contribution in [1.29, 1.82) is 0 Å². The number of carbonyl (C=O) groups is 3. The lowest BCUT2D eigenvalue weighted by atomic mass is 9.91. The zero-order valence-electron chi connectivity index (χ0n) is 15.9. The molecule has 2 aliphatic heterocycles. The van der Waals surface area contributed by atoms with Crippen molar-refractivity contribution < 1.29 is 23.9 Å². The van der Waals surface area contributed by atoms with Crippen LogP contribution in [0.5, 0.6) is 11.5 Å². The van der Waals surface area contributed by atoms with E-state index in [0.29, 0.717) is 22.6 Å². The number of urea groups is 1. The van der Waals surface area contributed by atoms with Gasteiger partial charge in [-0.2, -0.15) is 0 Å². The van der Waals surface area contributed by atoms with Gasteiger partial charge in [-0.3, -0.25) is 14.5 Å². The number of rotatable bonds is 4. The monoisotopic (exact) mass is 380 g/mol. The summed E-state index contributed by atoms with van der Waals surface area (Å²) in [6.07, 6.45) is 0. The maximum Gasteiger partial charge on any atom is 0.325 e. The van der Waals surface area contributed by atoms with Crippen LogP contribution < -0.4 is 14.8 Å². The Hall–Kier alpha value is -3.35. The molecule has 2 aliphatic rings. The molecule has 28 heavy (non-hydrogen) atoms. The molecule has 0 saturated carbocycles. The molecule has 7 heteroatoms. The third-order valence-corrected chi connectivity index (χ3v) is 5.21. The number of ketones is 1. The Morgan fingerprint density at radius 1 is 1.11 bits per heavy atom. The van der Waals surface area contributed by atoms with Crippen molar-refractivity contribution in [3.63, 3.8) is 0 Å². The minimum Gasteiger partial charge on any atom is -0.454 e. The van der Waals surface area contributed by atoms with Crippen molar-refractivity contribution >= 4 is 17.7 Å².